The highest BCUT2D eigenvalue weighted by Gasteiger charge is 2.15. The van der Waals surface area contributed by atoms with Gasteiger partial charge in [0.25, 0.3) is 0 Å². The van der Waals surface area contributed by atoms with E-state index >= 15 is 0 Å². The number of hydrogen-bond donors (Lipinski definition) is 1. The Morgan fingerprint density at radius 3 is 2.35 bits per heavy atom. The van der Waals surface area contributed by atoms with Crippen molar-refractivity contribution in [1.29, 1.82) is 0 Å². The van der Waals surface area contributed by atoms with Crippen molar-refractivity contribution in [1.82, 2.24) is 9.13 Å². The summed E-state index contributed by atoms with van der Waals surface area (Å²) in [4.78, 5) is 23.9. The van der Waals surface area contributed by atoms with Gasteiger partial charge in [0, 0.05) is 25.7 Å². The van der Waals surface area contributed by atoms with Crippen LogP contribution in [0.3, 0.4) is 0 Å². The molecule has 0 saturated heterocycles. The summed E-state index contributed by atoms with van der Waals surface area (Å²) in [6, 6.07) is 5.54. The number of hydrogen-bond acceptors (Lipinski definition) is 2. The second-order valence-electron chi connectivity index (χ2n) is 5.11. The SMILES string of the molecule is CCC(CC)C(=O)Nc1ccc2c(c1)n(C)c(=O)n2C. The van der Waals surface area contributed by atoms with Gasteiger partial charge in [-0.1, -0.05) is 13.8 Å². The van der Waals surface area contributed by atoms with Crippen LogP contribution in [0.1, 0.15) is 26.7 Å². The number of carbonyl (C=O) groups excluding carboxylic acids is 1. The maximum absolute atomic E-state index is 12.1. The summed E-state index contributed by atoms with van der Waals surface area (Å²) in [5, 5.41) is 2.93. The molecule has 1 heterocycles. The van der Waals surface area contributed by atoms with Crippen LogP contribution in [-0.4, -0.2) is 15.0 Å². The van der Waals surface area contributed by atoms with Gasteiger partial charge in [0.2, 0.25) is 5.91 Å². The number of nitrogens with one attached hydrogen (secondary N) is 1. The van der Waals surface area contributed by atoms with E-state index in [9.17, 15) is 9.59 Å². The molecule has 0 fully saturated rings. The fourth-order valence-corrected chi connectivity index (χ4v) is 2.49. The number of nitrogens with zero attached hydrogens (tertiary/aromatic N) is 2. The lowest BCUT2D eigenvalue weighted by Gasteiger charge is -2.12. The third kappa shape index (κ3) is 2.35. The molecular formula is C15H21N3O2. The Labute approximate surface area is 118 Å². The van der Waals surface area contributed by atoms with Crippen LogP contribution in [-0.2, 0) is 18.9 Å². The van der Waals surface area contributed by atoms with E-state index in [0.717, 1.165) is 29.6 Å². The van der Waals surface area contributed by atoms with Gasteiger partial charge in [0.1, 0.15) is 0 Å². The van der Waals surface area contributed by atoms with Crippen molar-refractivity contribution >= 4 is 22.6 Å². The summed E-state index contributed by atoms with van der Waals surface area (Å²) in [5.74, 6) is 0.0700. The second-order valence-corrected chi connectivity index (χ2v) is 5.11. The van der Waals surface area contributed by atoms with Gasteiger partial charge < -0.3 is 5.32 Å². The monoisotopic (exact) mass is 275 g/mol. The number of aryl methyl sites for hydroxylation is 2. The summed E-state index contributed by atoms with van der Waals surface area (Å²) >= 11 is 0. The molecule has 5 heteroatoms. The molecule has 0 aliphatic rings. The normalized spacial score (nSPS) is 11.2. The highest BCUT2D eigenvalue weighted by molar-refractivity contribution is 5.94. The summed E-state index contributed by atoms with van der Waals surface area (Å²) in [5.41, 5.74) is 2.34. The van der Waals surface area contributed by atoms with Crippen LogP contribution in [0.25, 0.3) is 11.0 Å². The molecule has 0 aliphatic carbocycles. The van der Waals surface area contributed by atoms with E-state index < -0.39 is 0 Å². The van der Waals surface area contributed by atoms with E-state index in [-0.39, 0.29) is 17.5 Å². The van der Waals surface area contributed by atoms with Gasteiger partial charge in [0.05, 0.1) is 11.0 Å². The van der Waals surface area contributed by atoms with Crippen LogP contribution < -0.4 is 11.0 Å². The maximum Gasteiger partial charge on any atom is 0.328 e. The lowest BCUT2D eigenvalue weighted by Crippen LogP contribution is -2.21. The molecule has 1 aromatic heterocycles. The van der Waals surface area contributed by atoms with Crippen molar-refractivity contribution in [2.24, 2.45) is 20.0 Å². The zero-order valence-electron chi connectivity index (χ0n) is 12.4. The minimum Gasteiger partial charge on any atom is -0.326 e. The van der Waals surface area contributed by atoms with Crippen LogP contribution in [0, 0.1) is 5.92 Å². The molecule has 1 amide bonds. The zero-order valence-corrected chi connectivity index (χ0v) is 12.4. The Bertz CT molecular complexity index is 693. The maximum atomic E-state index is 12.1. The number of imidazole rings is 1. The van der Waals surface area contributed by atoms with Gasteiger partial charge in [-0.2, -0.15) is 0 Å². The van der Waals surface area contributed by atoms with Crippen molar-refractivity contribution in [2.75, 3.05) is 5.32 Å². The summed E-state index contributed by atoms with van der Waals surface area (Å²) < 4.78 is 3.18. The number of benzene rings is 1. The van der Waals surface area contributed by atoms with Crippen LogP contribution >= 0.6 is 0 Å². The average Bonchev–Trinajstić information content (AvgIpc) is 2.65. The topological polar surface area (TPSA) is 56.0 Å². The molecular weight excluding hydrogens is 254 g/mol. The zero-order chi connectivity index (χ0) is 14.9. The molecule has 0 radical (unpaired) electrons. The van der Waals surface area contributed by atoms with E-state index in [0.29, 0.717) is 0 Å². The molecule has 0 spiro atoms. The predicted octanol–water partition coefficient (Wildman–Crippen LogP) is 2.25. The lowest BCUT2D eigenvalue weighted by atomic mass is 10.0. The van der Waals surface area contributed by atoms with E-state index in [1.807, 2.05) is 32.0 Å². The van der Waals surface area contributed by atoms with Crippen molar-refractivity contribution in [3.63, 3.8) is 0 Å². The number of anilines is 1. The molecule has 20 heavy (non-hydrogen) atoms. The van der Waals surface area contributed by atoms with Gasteiger partial charge in [-0.25, -0.2) is 4.79 Å². The fraction of sp³-hybridized carbons (Fsp3) is 0.467. The Hall–Kier alpha value is -2.04. The number of carbonyl (C=O) groups is 1. The Morgan fingerprint density at radius 1 is 1.15 bits per heavy atom. The summed E-state index contributed by atoms with van der Waals surface area (Å²) in [6.45, 7) is 4.02. The van der Waals surface area contributed by atoms with Gasteiger partial charge in [0.15, 0.2) is 0 Å². The van der Waals surface area contributed by atoms with Gasteiger partial charge in [-0.05, 0) is 31.0 Å². The van der Waals surface area contributed by atoms with E-state index in [1.54, 1.807) is 23.2 Å². The highest BCUT2D eigenvalue weighted by atomic mass is 16.2. The molecule has 0 bridgehead atoms. The molecule has 2 rings (SSSR count). The number of aromatic nitrogens is 2. The summed E-state index contributed by atoms with van der Waals surface area (Å²) in [7, 11) is 3.48. The van der Waals surface area contributed by atoms with Gasteiger partial charge in [-0.15, -0.1) is 0 Å². The van der Waals surface area contributed by atoms with E-state index in [4.69, 9.17) is 0 Å². The van der Waals surface area contributed by atoms with Crippen LogP contribution in [0.15, 0.2) is 23.0 Å². The van der Waals surface area contributed by atoms with E-state index in [2.05, 4.69) is 5.32 Å². The minimum atomic E-state index is -0.0662. The Kier molecular flexibility index (Phi) is 3.97. The quantitative estimate of drug-likeness (QED) is 0.930. The van der Waals surface area contributed by atoms with Crippen LogP contribution in [0.4, 0.5) is 5.69 Å². The first-order chi connectivity index (χ1) is 9.49. The van der Waals surface area contributed by atoms with Gasteiger partial charge in [-0.3, -0.25) is 13.9 Å². The van der Waals surface area contributed by atoms with Crippen molar-refractivity contribution in [3.8, 4) is 0 Å². The number of rotatable bonds is 4. The highest BCUT2D eigenvalue weighted by Crippen LogP contribution is 2.19. The van der Waals surface area contributed by atoms with Crippen molar-refractivity contribution < 1.29 is 4.79 Å². The smallest absolute Gasteiger partial charge is 0.326 e. The molecule has 0 unspecified atom stereocenters. The molecule has 2 aromatic rings. The molecule has 108 valence electrons. The van der Waals surface area contributed by atoms with E-state index in [1.165, 1.54) is 0 Å². The standard InChI is InChI=1S/C15H21N3O2/c1-5-10(6-2)14(19)16-11-7-8-12-13(9-11)18(4)15(20)17(12)3/h7-10H,5-6H2,1-4H3,(H,16,19). The predicted molar refractivity (Wildman–Crippen MR) is 80.9 cm³/mol. The first kappa shape index (κ1) is 14.4. The second kappa shape index (κ2) is 5.53. The minimum absolute atomic E-state index is 0.0327. The van der Waals surface area contributed by atoms with Crippen molar-refractivity contribution in [3.05, 3.63) is 28.7 Å². The Morgan fingerprint density at radius 2 is 1.75 bits per heavy atom. The molecule has 1 N–H and O–H groups in total. The summed E-state index contributed by atoms with van der Waals surface area (Å²) in [6.07, 6.45) is 1.66. The third-order valence-electron chi connectivity index (χ3n) is 3.90. The van der Waals surface area contributed by atoms with Crippen LogP contribution in [0.2, 0.25) is 0 Å². The lowest BCUT2D eigenvalue weighted by molar-refractivity contribution is -0.120. The van der Waals surface area contributed by atoms with Crippen molar-refractivity contribution in [2.45, 2.75) is 26.7 Å². The van der Waals surface area contributed by atoms with Crippen LogP contribution in [0.5, 0.6) is 0 Å². The first-order valence-corrected chi connectivity index (χ1v) is 6.95. The molecule has 0 aliphatic heterocycles. The average molecular weight is 275 g/mol. The van der Waals surface area contributed by atoms with Gasteiger partial charge >= 0.3 is 5.69 Å². The number of amides is 1. The Balaban J connectivity index is 2.35. The molecule has 5 nitrogen and oxygen atoms in total. The molecule has 0 atom stereocenters. The molecule has 1 aromatic carbocycles. The number of fused-ring (bicyclic) bond motifs is 1. The first-order valence-electron chi connectivity index (χ1n) is 6.95. The molecule has 0 saturated carbocycles. The fourth-order valence-electron chi connectivity index (χ4n) is 2.49. The largest absolute Gasteiger partial charge is 0.328 e. The third-order valence-corrected chi connectivity index (χ3v) is 3.90.